The number of nitrogens with one attached hydrogen (secondary N) is 2. The molecular formula is C20H23F3N2O2. The van der Waals surface area contributed by atoms with E-state index in [1.54, 1.807) is 0 Å². The first-order chi connectivity index (χ1) is 12.8. The number of aryl methyl sites for hydroxylation is 1. The zero-order valence-corrected chi connectivity index (χ0v) is 15.1. The number of unbranched alkanes of at least 4 members (excludes halogenated alkanes) is 1. The summed E-state index contributed by atoms with van der Waals surface area (Å²) in [7, 11) is 0. The van der Waals surface area contributed by atoms with Crippen molar-refractivity contribution in [1.29, 1.82) is 0 Å². The van der Waals surface area contributed by atoms with Gasteiger partial charge in [0.15, 0.2) is 0 Å². The number of hydrogen-bond donors (Lipinski definition) is 2. The van der Waals surface area contributed by atoms with Crippen molar-refractivity contribution in [3.05, 3.63) is 59.7 Å². The lowest BCUT2D eigenvalue weighted by molar-refractivity contribution is -0.137. The highest BCUT2D eigenvalue weighted by Crippen LogP contribution is 2.30. The topological polar surface area (TPSA) is 50.4 Å². The maximum absolute atomic E-state index is 12.6. The molecule has 146 valence electrons. The van der Waals surface area contributed by atoms with E-state index in [-0.39, 0.29) is 18.1 Å². The van der Waals surface area contributed by atoms with Gasteiger partial charge < -0.3 is 15.4 Å². The lowest BCUT2D eigenvalue weighted by atomic mass is 10.2. The van der Waals surface area contributed by atoms with Crippen LogP contribution in [-0.2, 0) is 11.0 Å². The van der Waals surface area contributed by atoms with Gasteiger partial charge in [-0.05, 0) is 50.1 Å². The number of anilines is 1. The molecule has 0 aromatic heterocycles. The molecule has 2 rings (SSSR count). The predicted octanol–water partition coefficient (Wildman–Crippen LogP) is 4.40. The van der Waals surface area contributed by atoms with Crippen LogP contribution in [0.25, 0.3) is 0 Å². The van der Waals surface area contributed by atoms with Gasteiger partial charge in [0.2, 0.25) is 5.91 Å². The Balaban J connectivity index is 1.59. The Morgan fingerprint density at radius 3 is 2.52 bits per heavy atom. The highest BCUT2D eigenvalue weighted by Gasteiger charge is 2.30. The van der Waals surface area contributed by atoms with Crippen molar-refractivity contribution in [2.75, 3.05) is 25.0 Å². The van der Waals surface area contributed by atoms with Gasteiger partial charge in [-0.15, -0.1) is 0 Å². The van der Waals surface area contributed by atoms with Crippen LogP contribution in [0.15, 0.2) is 48.5 Å². The van der Waals surface area contributed by atoms with E-state index in [9.17, 15) is 18.0 Å². The molecule has 27 heavy (non-hydrogen) atoms. The highest BCUT2D eigenvalue weighted by atomic mass is 19.4. The number of carbonyl (C=O) groups is 1. The van der Waals surface area contributed by atoms with Crippen LogP contribution in [0.5, 0.6) is 5.75 Å². The van der Waals surface area contributed by atoms with Gasteiger partial charge in [-0.2, -0.15) is 13.2 Å². The summed E-state index contributed by atoms with van der Waals surface area (Å²) >= 11 is 0. The standard InChI is InChI=1S/C20H23F3N2O2/c1-15-7-9-18(10-8-15)27-12-3-2-11-24-19(26)14-25-17-6-4-5-16(13-17)20(21,22)23/h4-10,13,25H,2-3,11-12,14H2,1H3,(H,24,26). The number of benzene rings is 2. The third-order valence-electron chi connectivity index (χ3n) is 3.83. The third-order valence-corrected chi connectivity index (χ3v) is 3.83. The van der Waals surface area contributed by atoms with Crippen molar-refractivity contribution in [2.24, 2.45) is 0 Å². The van der Waals surface area contributed by atoms with Crippen LogP contribution in [0, 0.1) is 6.92 Å². The molecule has 0 heterocycles. The van der Waals surface area contributed by atoms with E-state index in [1.807, 2.05) is 31.2 Å². The Kier molecular flexibility index (Phi) is 7.52. The fourth-order valence-electron chi connectivity index (χ4n) is 2.33. The summed E-state index contributed by atoms with van der Waals surface area (Å²) in [6.45, 7) is 2.97. The largest absolute Gasteiger partial charge is 0.494 e. The van der Waals surface area contributed by atoms with Gasteiger partial charge in [-0.3, -0.25) is 4.79 Å². The molecule has 1 amide bonds. The van der Waals surface area contributed by atoms with Gasteiger partial charge in [0.25, 0.3) is 0 Å². The average Bonchev–Trinajstić information content (AvgIpc) is 2.64. The van der Waals surface area contributed by atoms with E-state index < -0.39 is 11.7 Å². The Morgan fingerprint density at radius 2 is 1.81 bits per heavy atom. The molecular weight excluding hydrogens is 357 g/mol. The molecule has 0 aliphatic rings. The maximum atomic E-state index is 12.6. The summed E-state index contributed by atoms with van der Waals surface area (Å²) in [6.07, 6.45) is -2.86. The van der Waals surface area contributed by atoms with Crippen LogP contribution in [0.4, 0.5) is 18.9 Å². The molecule has 0 radical (unpaired) electrons. The first kappa shape index (κ1) is 20.6. The quantitative estimate of drug-likeness (QED) is 0.634. The number of ether oxygens (including phenoxy) is 1. The smallest absolute Gasteiger partial charge is 0.416 e. The third kappa shape index (κ3) is 7.60. The SMILES string of the molecule is Cc1ccc(OCCCCNC(=O)CNc2cccc(C(F)(F)F)c2)cc1. The van der Waals surface area contributed by atoms with Crippen molar-refractivity contribution >= 4 is 11.6 Å². The molecule has 2 aromatic rings. The summed E-state index contributed by atoms with van der Waals surface area (Å²) in [6, 6.07) is 12.6. The molecule has 0 aliphatic carbocycles. The maximum Gasteiger partial charge on any atom is 0.416 e. The Bertz CT molecular complexity index is 731. The van der Waals surface area contributed by atoms with Crippen molar-refractivity contribution in [3.8, 4) is 5.75 Å². The Hall–Kier alpha value is -2.70. The molecule has 2 aromatic carbocycles. The van der Waals surface area contributed by atoms with E-state index in [0.29, 0.717) is 13.2 Å². The minimum absolute atomic E-state index is 0.0822. The second kappa shape index (κ2) is 9.85. The van der Waals surface area contributed by atoms with Gasteiger partial charge in [0.05, 0.1) is 18.7 Å². The van der Waals surface area contributed by atoms with Gasteiger partial charge in [0.1, 0.15) is 5.75 Å². The molecule has 0 aliphatic heterocycles. The molecule has 0 unspecified atom stereocenters. The number of rotatable bonds is 9. The van der Waals surface area contributed by atoms with Crippen LogP contribution in [0.3, 0.4) is 0 Å². The second-order valence-corrected chi connectivity index (χ2v) is 6.15. The minimum Gasteiger partial charge on any atom is -0.494 e. The van der Waals surface area contributed by atoms with Crippen LogP contribution in [-0.4, -0.2) is 25.6 Å². The first-order valence-corrected chi connectivity index (χ1v) is 8.72. The molecule has 0 spiro atoms. The van der Waals surface area contributed by atoms with Gasteiger partial charge >= 0.3 is 6.18 Å². The van der Waals surface area contributed by atoms with Crippen molar-refractivity contribution in [1.82, 2.24) is 5.32 Å². The number of carbonyl (C=O) groups excluding carboxylic acids is 1. The second-order valence-electron chi connectivity index (χ2n) is 6.15. The van der Waals surface area contributed by atoms with Crippen LogP contribution >= 0.6 is 0 Å². The van der Waals surface area contributed by atoms with Crippen LogP contribution < -0.4 is 15.4 Å². The molecule has 0 saturated heterocycles. The van der Waals surface area contributed by atoms with E-state index in [2.05, 4.69) is 10.6 Å². The Labute approximate surface area is 156 Å². The normalized spacial score (nSPS) is 11.1. The highest BCUT2D eigenvalue weighted by molar-refractivity contribution is 5.80. The predicted molar refractivity (Wildman–Crippen MR) is 98.9 cm³/mol. The fraction of sp³-hybridized carbons (Fsp3) is 0.350. The number of hydrogen-bond acceptors (Lipinski definition) is 3. The van der Waals surface area contributed by atoms with Crippen molar-refractivity contribution in [2.45, 2.75) is 25.9 Å². The summed E-state index contributed by atoms with van der Waals surface area (Å²) in [5, 5.41) is 5.42. The molecule has 4 nitrogen and oxygen atoms in total. The number of alkyl halides is 3. The zero-order chi connectivity index (χ0) is 19.7. The summed E-state index contributed by atoms with van der Waals surface area (Å²) < 4.78 is 43.5. The number of amides is 1. The average molecular weight is 380 g/mol. The van der Waals surface area contributed by atoms with Gasteiger partial charge in [-0.25, -0.2) is 0 Å². The minimum atomic E-state index is -4.40. The summed E-state index contributed by atoms with van der Waals surface area (Å²) in [4.78, 5) is 11.8. The Morgan fingerprint density at radius 1 is 1.07 bits per heavy atom. The molecule has 0 bridgehead atoms. The van der Waals surface area contributed by atoms with Crippen molar-refractivity contribution < 1.29 is 22.7 Å². The fourth-order valence-corrected chi connectivity index (χ4v) is 2.33. The van der Waals surface area contributed by atoms with Gasteiger partial charge in [-0.1, -0.05) is 23.8 Å². The lowest BCUT2D eigenvalue weighted by Crippen LogP contribution is -2.30. The molecule has 0 atom stereocenters. The van der Waals surface area contributed by atoms with Gasteiger partial charge in [0, 0.05) is 12.2 Å². The van der Waals surface area contributed by atoms with Crippen molar-refractivity contribution in [3.63, 3.8) is 0 Å². The molecule has 2 N–H and O–H groups in total. The number of halogens is 3. The van der Waals surface area contributed by atoms with Crippen LogP contribution in [0.1, 0.15) is 24.0 Å². The summed E-state index contributed by atoms with van der Waals surface area (Å²) in [5.41, 5.74) is 0.678. The monoisotopic (exact) mass is 380 g/mol. The lowest BCUT2D eigenvalue weighted by Gasteiger charge is -2.11. The van der Waals surface area contributed by atoms with E-state index in [4.69, 9.17) is 4.74 Å². The zero-order valence-electron chi connectivity index (χ0n) is 15.1. The first-order valence-electron chi connectivity index (χ1n) is 8.72. The van der Waals surface area contributed by atoms with E-state index in [1.165, 1.54) is 17.7 Å². The van der Waals surface area contributed by atoms with E-state index in [0.717, 1.165) is 30.7 Å². The summed E-state index contributed by atoms with van der Waals surface area (Å²) in [5.74, 6) is 0.543. The molecule has 7 heteroatoms. The van der Waals surface area contributed by atoms with Crippen LogP contribution in [0.2, 0.25) is 0 Å². The molecule has 0 fully saturated rings. The van der Waals surface area contributed by atoms with E-state index >= 15 is 0 Å². The molecule has 0 saturated carbocycles.